The van der Waals surface area contributed by atoms with Gasteiger partial charge in [-0.1, -0.05) is 0 Å². The molecule has 5 nitrogen and oxygen atoms in total. The second-order valence-electron chi connectivity index (χ2n) is 6.14. The lowest BCUT2D eigenvalue weighted by Gasteiger charge is -2.27. The first-order valence-electron chi connectivity index (χ1n) is 7.73. The Balaban J connectivity index is 1.54. The van der Waals surface area contributed by atoms with Gasteiger partial charge in [0.25, 0.3) is 5.91 Å². The Bertz CT molecular complexity index is 682. The second kappa shape index (κ2) is 5.16. The molecule has 2 aromatic heterocycles. The number of carbonyl (C=O) groups excluding carboxylic acids is 1. The van der Waals surface area contributed by atoms with Crippen molar-refractivity contribution in [2.45, 2.75) is 25.0 Å². The van der Waals surface area contributed by atoms with E-state index in [2.05, 4.69) is 4.98 Å². The average molecular weight is 297 g/mol. The SMILES string of the molecule is Cn1cccc1C(=O)N1C[C@H]2CC[C@H]1[C@H]2Oc1cccnc1. The predicted octanol–water partition coefficient (Wildman–Crippen LogP) is 2.10. The second-order valence-corrected chi connectivity index (χ2v) is 6.14. The smallest absolute Gasteiger partial charge is 0.270 e. The van der Waals surface area contributed by atoms with E-state index in [9.17, 15) is 4.79 Å². The molecule has 1 aliphatic carbocycles. The van der Waals surface area contributed by atoms with E-state index in [4.69, 9.17) is 4.74 Å². The van der Waals surface area contributed by atoms with Crippen molar-refractivity contribution in [2.75, 3.05) is 6.54 Å². The summed E-state index contributed by atoms with van der Waals surface area (Å²) < 4.78 is 8.01. The first-order valence-corrected chi connectivity index (χ1v) is 7.73. The summed E-state index contributed by atoms with van der Waals surface area (Å²) in [6.45, 7) is 0.791. The van der Waals surface area contributed by atoms with Gasteiger partial charge in [-0.15, -0.1) is 0 Å². The van der Waals surface area contributed by atoms with Crippen LogP contribution in [0, 0.1) is 5.92 Å². The number of amides is 1. The third kappa shape index (κ3) is 2.08. The highest BCUT2D eigenvalue weighted by molar-refractivity contribution is 5.93. The molecule has 22 heavy (non-hydrogen) atoms. The number of rotatable bonds is 3. The number of aromatic nitrogens is 2. The number of pyridine rings is 1. The Morgan fingerprint density at radius 2 is 2.23 bits per heavy atom. The zero-order valence-corrected chi connectivity index (χ0v) is 12.6. The number of carbonyl (C=O) groups is 1. The number of piperidine rings is 1. The molecule has 3 atom stereocenters. The molecule has 0 aromatic carbocycles. The van der Waals surface area contributed by atoms with Gasteiger partial charge in [0.1, 0.15) is 17.5 Å². The minimum Gasteiger partial charge on any atom is -0.486 e. The maximum Gasteiger partial charge on any atom is 0.270 e. The quantitative estimate of drug-likeness (QED) is 0.871. The first-order chi connectivity index (χ1) is 10.7. The Morgan fingerprint density at radius 3 is 2.95 bits per heavy atom. The lowest BCUT2D eigenvalue weighted by molar-refractivity contribution is 0.0657. The molecular weight excluding hydrogens is 278 g/mol. The highest BCUT2D eigenvalue weighted by Crippen LogP contribution is 2.40. The van der Waals surface area contributed by atoms with E-state index >= 15 is 0 Å². The van der Waals surface area contributed by atoms with Crippen LogP contribution in [0.2, 0.25) is 0 Å². The van der Waals surface area contributed by atoms with Crippen LogP contribution < -0.4 is 4.74 Å². The standard InChI is InChI=1S/C17H19N3O2/c1-19-9-3-5-15(19)17(21)20-11-12-6-7-14(20)16(12)22-13-4-2-8-18-10-13/h2-5,8-10,12,14,16H,6-7,11H2,1H3/t12-,14+,16+/m1/s1. The molecule has 0 unspecified atom stereocenters. The number of nitrogens with zero attached hydrogens (tertiary/aromatic N) is 3. The van der Waals surface area contributed by atoms with Crippen molar-refractivity contribution in [3.63, 3.8) is 0 Å². The van der Waals surface area contributed by atoms with Gasteiger partial charge >= 0.3 is 0 Å². The molecule has 5 heteroatoms. The summed E-state index contributed by atoms with van der Waals surface area (Å²) >= 11 is 0. The molecule has 1 saturated carbocycles. The maximum atomic E-state index is 12.8. The van der Waals surface area contributed by atoms with E-state index in [0.717, 1.165) is 30.8 Å². The highest BCUT2D eigenvalue weighted by Gasteiger charge is 2.50. The summed E-state index contributed by atoms with van der Waals surface area (Å²) in [7, 11) is 1.91. The predicted molar refractivity (Wildman–Crippen MR) is 81.6 cm³/mol. The Morgan fingerprint density at radius 1 is 1.32 bits per heavy atom. The molecule has 1 amide bonds. The van der Waals surface area contributed by atoms with E-state index in [0.29, 0.717) is 5.92 Å². The Labute approximate surface area is 129 Å². The fourth-order valence-corrected chi connectivity index (χ4v) is 3.76. The summed E-state index contributed by atoms with van der Waals surface area (Å²) in [5.41, 5.74) is 0.743. The van der Waals surface area contributed by atoms with Crippen LogP contribution in [0.25, 0.3) is 0 Å². The third-order valence-corrected chi connectivity index (χ3v) is 4.84. The van der Waals surface area contributed by atoms with Crippen molar-refractivity contribution in [1.82, 2.24) is 14.5 Å². The van der Waals surface area contributed by atoms with Gasteiger partial charge in [-0.3, -0.25) is 9.78 Å². The molecule has 0 spiro atoms. The van der Waals surface area contributed by atoms with Crippen molar-refractivity contribution in [1.29, 1.82) is 0 Å². The topological polar surface area (TPSA) is 47.4 Å². The molecule has 1 aliphatic heterocycles. The lowest BCUT2D eigenvalue weighted by atomic mass is 10.1. The van der Waals surface area contributed by atoms with Crippen LogP contribution in [0.1, 0.15) is 23.3 Å². The van der Waals surface area contributed by atoms with E-state index in [-0.39, 0.29) is 18.1 Å². The summed E-state index contributed by atoms with van der Waals surface area (Å²) in [6.07, 6.45) is 7.62. The number of aryl methyl sites for hydroxylation is 1. The zero-order valence-electron chi connectivity index (χ0n) is 12.6. The molecule has 2 aliphatic rings. The Hall–Kier alpha value is -2.30. The van der Waals surface area contributed by atoms with Crippen LogP contribution in [-0.4, -0.2) is 39.0 Å². The van der Waals surface area contributed by atoms with Crippen LogP contribution in [0.4, 0.5) is 0 Å². The van der Waals surface area contributed by atoms with E-state index in [1.54, 1.807) is 12.4 Å². The average Bonchev–Trinajstić information content (AvgIpc) is 3.23. The van der Waals surface area contributed by atoms with E-state index < -0.39 is 0 Å². The van der Waals surface area contributed by atoms with Crippen molar-refractivity contribution >= 4 is 5.91 Å². The number of hydrogen-bond donors (Lipinski definition) is 0. The summed E-state index contributed by atoms with van der Waals surface area (Å²) in [4.78, 5) is 18.8. The van der Waals surface area contributed by atoms with E-state index in [1.165, 1.54) is 0 Å². The van der Waals surface area contributed by atoms with Crippen molar-refractivity contribution in [3.05, 3.63) is 48.5 Å². The molecule has 0 radical (unpaired) electrons. The van der Waals surface area contributed by atoms with Gasteiger partial charge in [0, 0.05) is 31.9 Å². The minimum atomic E-state index is 0.0911. The Kier molecular flexibility index (Phi) is 3.13. The molecule has 2 bridgehead atoms. The molecule has 114 valence electrons. The fraction of sp³-hybridized carbons (Fsp3) is 0.412. The maximum absolute atomic E-state index is 12.8. The highest BCUT2D eigenvalue weighted by atomic mass is 16.5. The van der Waals surface area contributed by atoms with Gasteiger partial charge in [-0.2, -0.15) is 0 Å². The van der Waals surface area contributed by atoms with E-state index in [1.807, 2.05) is 47.0 Å². The van der Waals surface area contributed by atoms with Gasteiger partial charge in [-0.25, -0.2) is 0 Å². The van der Waals surface area contributed by atoms with Crippen LogP contribution in [0.15, 0.2) is 42.9 Å². The number of fused-ring (bicyclic) bond motifs is 2. The monoisotopic (exact) mass is 297 g/mol. The van der Waals surface area contributed by atoms with Crippen LogP contribution in [0.3, 0.4) is 0 Å². The van der Waals surface area contributed by atoms with Crippen molar-refractivity contribution in [3.8, 4) is 5.75 Å². The van der Waals surface area contributed by atoms with Gasteiger partial charge < -0.3 is 14.2 Å². The minimum absolute atomic E-state index is 0.0911. The molecule has 0 N–H and O–H groups in total. The van der Waals surface area contributed by atoms with Crippen molar-refractivity contribution in [2.24, 2.45) is 13.0 Å². The number of likely N-dealkylation sites (tertiary alicyclic amines) is 1. The molecule has 1 saturated heterocycles. The molecule has 2 aromatic rings. The van der Waals surface area contributed by atoms with Gasteiger partial charge in [0.15, 0.2) is 0 Å². The third-order valence-electron chi connectivity index (χ3n) is 4.84. The lowest BCUT2D eigenvalue weighted by Crippen LogP contribution is -2.41. The molecular formula is C17H19N3O2. The van der Waals surface area contributed by atoms with Gasteiger partial charge in [0.2, 0.25) is 0 Å². The molecule has 4 rings (SSSR count). The normalized spacial score (nSPS) is 26.4. The number of ether oxygens (including phenoxy) is 1. The molecule has 2 fully saturated rings. The summed E-state index contributed by atoms with van der Waals surface area (Å²) in [5, 5.41) is 0. The first kappa shape index (κ1) is 13.4. The zero-order chi connectivity index (χ0) is 15.1. The largest absolute Gasteiger partial charge is 0.486 e. The number of hydrogen-bond acceptors (Lipinski definition) is 3. The van der Waals surface area contributed by atoms with Crippen LogP contribution in [0.5, 0.6) is 5.75 Å². The van der Waals surface area contributed by atoms with Gasteiger partial charge in [-0.05, 0) is 37.1 Å². The van der Waals surface area contributed by atoms with Gasteiger partial charge in [0.05, 0.1) is 12.2 Å². The van der Waals surface area contributed by atoms with Crippen LogP contribution in [-0.2, 0) is 7.05 Å². The van der Waals surface area contributed by atoms with Crippen LogP contribution >= 0.6 is 0 Å². The summed E-state index contributed by atoms with van der Waals surface area (Å²) in [5.74, 6) is 1.33. The fourth-order valence-electron chi connectivity index (χ4n) is 3.76. The van der Waals surface area contributed by atoms with Crippen molar-refractivity contribution < 1.29 is 9.53 Å². The molecule has 3 heterocycles. The summed E-state index contributed by atoms with van der Waals surface area (Å²) in [6, 6.07) is 7.76.